The second-order valence-electron chi connectivity index (χ2n) is 4.72. The predicted octanol–water partition coefficient (Wildman–Crippen LogP) is 1.60. The van der Waals surface area contributed by atoms with Gasteiger partial charge in [0.25, 0.3) is 0 Å². The third-order valence-corrected chi connectivity index (χ3v) is 3.64. The number of methoxy groups -OCH3 is 1. The van der Waals surface area contributed by atoms with Crippen LogP contribution in [0.15, 0.2) is 6.20 Å². The van der Waals surface area contributed by atoms with Crippen molar-refractivity contribution in [3.05, 3.63) is 11.9 Å². The van der Waals surface area contributed by atoms with Crippen LogP contribution in [0.25, 0.3) is 0 Å². The Morgan fingerprint density at radius 1 is 1.67 bits per heavy atom. The minimum Gasteiger partial charge on any atom is -0.493 e. The molecule has 18 heavy (non-hydrogen) atoms. The van der Waals surface area contributed by atoms with E-state index in [2.05, 4.69) is 17.3 Å². The lowest BCUT2D eigenvalue weighted by Crippen LogP contribution is -2.23. The first kappa shape index (κ1) is 13.4. The van der Waals surface area contributed by atoms with Crippen LogP contribution in [0.1, 0.15) is 31.5 Å². The molecular weight excluding hydrogens is 230 g/mol. The van der Waals surface area contributed by atoms with Crippen molar-refractivity contribution in [2.24, 2.45) is 5.92 Å². The van der Waals surface area contributed by atoms with Gasteiger partial charge in [-0.1, -0.05) is 0 Å². The second-order valence-corrected chi connectivity index (χ2v) is 4.72. The molecule has 1 aromatic heterocycles. The maximum atomic E-state index is 5.45. The summed E-state index contributed by atoms with van der Waals surface area (Å²) >= 11 is 0. The predicted molar refractivity (Wildman–Crippen MR) is 69.8 cm³/mol. The molecule has 0 radical (unpaired) electrons. The minimum absolute atomic E-state index is 0.272. The van der Waals surface area contributed by atoms with Crippen molar-refractivity contribution < 1.29 is 9.47 Å². The number of hydrogen-bond acceptors (Lipinski definition) is 4. The molecule has 5 nitrogen and oxygen atoms in total. The molecule has 0 amide bonds. The maximum Gasteiger partial charge on any atom is 0.161 e. The van der Waals surface area contributed by atoms with Crippen LogP contribution in [0.5, 0.6) is 5.75 Å². The topological polar surface area (TPSA) is 48.3 Å². The van der Waals surface area contributed by atoms with E-state index in [9.17, 15) is 0 Å². The van der Waals surface area contributed by atoms with Crippen LogP contribution in [0.2, 0.25) is 0 Å². The fourth-order valence-corrected chi connectivity index (χ4v) is 2.61. The van der Waals surface area contributed by atoms with Gasteiger partial charge in [-0.2, -0.15) is 5.10 Å². The molecule has 1 aliphatic rings. The Balaban J connectivity index is 2.16. The molecule has 102 valence electrons. The second kappa shape index (κ2) is 6.20. The fourth-order valence-electron chi connectivity index (χ4n) is 2.61. The van der Waals surface area contributed by atoms with Crippen LogP contribution in [0, 0.1) is 5.92 Å². The van der Waals surface area contributed by atoms with E-state index in [1.807, 2.05) is 11.7 Å². The van der Waals surface area contributed by atoms with Crippen LogP contribution in [-0.4, -0.2) is 37.2 Å². The van der Waals surface area contributed by atoms with Crippen molar-refractivity contribution >= 4 is 0 Å². The van der Waals surface area contributed by atoms with E-state index in [1.165, 1.54) is 0 Å². The molecule has 2 unspecified atom stereocenters. The molecule has 0 bridgehead atoms. The smallest absolute Gasteiger partial charge is 0.161 e. The highest BCUT2D eigenvalue weighted by Gasteiger charge is 2.25. The minimum atomic E-state index is 0.272. The average Bonchev–Trinajstić information content (AvgIpc) is 3.04. The van der Waals surface area contributed by atoms with E-state index >= 15 is 0 Å². The Morgan fingerprint density at radius 2 is 2.50 bits per heavy atom. The van der Waals surface area contributed by atoms with Gasteiger partial charge in [-0.3, -0.25) is 4.68 Å². The van der Waals surface area contributed by atoms with Crippen LogP contribution in [0.4, 0.5) is 0 Å². The summed E-state index contributed by atoms with van der Waals surface area (Å²) in [5.41, 5.74) is 1.15. The van der Waals surface area contributed by atoms with Crippen molar-refractivity contribution in [2.45, 2.75) is 32.4 Å². The van der Waals surface area contributed by atoms with E-state index < -0.39 is 0 Å². The van der Waals surface area contributed by atoms with Gasteiger partial charge in [0.1, 0.15) is 0 Å². The molecular formula is C13H23N3O2. The number of nitrogens with one attached hydrogen (secondary N) is 1. The van der Waals surface area contributed by atoms with Crippen LogP contribution < -0.4 is 10.1 Å². The molecule has 1 N–H and O–H groups in total. The lowest BCUT2D eigenvalue weighted by Gasteiger charge is -2.21. The van der Waals surface area contributed by atoms with Gasteiger partial charge in [0, 0.05) is 19.8 Å². The van der Waals surface area contributed by atoms with Crippen LogP contribution >= 0.6 is 0 Å². The molecule has 0 aliphatic carbocycles. The average molecular weight is 253 g/mol. The van der Waals surface area contributed by atoms with Crippen molar-refractivity contribution in [3.63, 3.8) is 0 Å². The number of aryl methyl sites for hydroxylation is 1. The van der Waals surface area contributed by atoms with Crippen molar-refractivity contribution in [3.8, 4) is 5.75 Å². The largest absolute Gasteiger partial charge is 0.493 e. The molecule has 1 fully saturated rings. The number of ether oxygens (including phenoxy) is 2. The summed E-state index contributed by atoms with van der Waals surface area (Å²) < 4.78 is 12.9. The lowest BCUT2D eigenvalue weighted by molar-refractivity contribution is 0.181. The first-order chi connectivity index (χ1) is 8.80. The van der Waals surface area contributed by atoms with E-state index in [0.29, 0.717) is 5.92 Å². The van der Waals surface area contributed by atoms with Gasteiger partial charge in [-0.25, -0.2) is 0 Å². The first-order valence-corrected chi connectivity index (χ1v) is 6.64. The highest BCUT2D eigenvalue weighted by atomic mass is 16.5. The van der Waals surface area contributed by atoms with Gasteiger partial charge < -0.3 is 14.8 Å². The zero-order chi connectivity index (χ0) is 13.0. The van der Waals surface area contributed by atoms with E-state index in [4.69, 9.17) is 9.47 Å². The summed E-state index contributed by atoms with van der Waals surface area (Å²) in [5, 5.41) is 7.75. The summed E-state index contributed by atoms with van der Waals surface area (Å²) in [6, 6.07) is 0.272. The molecule has 0 spiro atoms. The van der Waals surface area contributed by atoms with Gasteiger partial charge in [-0.05, 0) is 32.7 Å². The molecule has 1 aromatic rings. The third-order valence-electron chi connectivity index (χ3n) is 3.64. The summed E-state index contributed by atoms with van der Waals surface area (Å²) in [4.78, 5) is 0. The Bertz CT molecular complexity index is 351. The van der Waals surface area contributed by atoms with E-state index in [0.717, 1.165) is 44.0 Å². The highest BCUT2D eigenvalue weighted by molar-refractivity contribution is 5.28. The Hall–Kier alpha value is -1.07. The first-order valence-electron chi connectivity index (χ1n) is 6.64. The Kier molecular flexibility index (Phi) is 4.60. The molecule has 0 saturated carbocycles. The number of nitrogens with zero attached hydrogens (tertiary/aromatic N) is 2. The Morgan fingerprint density at radius 3 is 3.06 bits per heavy atom. The summed E-state index contributed by atoms with van der Waals surface area (Å²) in [6.45, 7) is 4.73. The molecule has 2 atom stereocenters. The van der Waals surface area contributed by atoms with Gasteiger partial charge in [0.05, 0.1) is 25.0 Å². The molecule has 2 heterocycles. The molecule has 5 heteroatoms. The van der Waals surface area contributed by atoms with E-state index in [1.54, 1.807) is 13.3 Å². The SMILES string of the molecule is CCn1ncc(OC)c1C(CC1CCOC1)NC. The monoisotopic (exact) mass is 253 g/mol. The normalized spacial score (nSPS) is 21.2. The zero-order valence-corrected chi connectivity index (χ0v) is 11.5. The fraction of sp³-hybridized carbons (Fsp3) is 0.769. The maximum absolute atomic E-state index is 5.45. The molecule has 0 aromatic carbocycles. The highest BCUT2D eigenvalue weighted by Crippen LogP contribution is 2.31. The van der Waals surface area contributed by atoms with Gasteiger partial charge >= 0.3 is 0 Å². The van der Waals surface area contributed by atoms with Gasteiger partial charge in [-0.15, -0.1) is 0 Å². The van der Waals surface area contributed by atoms with Gasteiger partial charge in [0.15, 0.2) is 5.75 Å². The van der Waals surface area contributed by atoms with Crippen molar-refractivity contribution in [1.82, 2.24) is 15.1 Å². The number of rotatable bonds is 6. The molecule has 1 aliphatic heterocycles. The number of hydrogen-bond donors (Lipinski definition) is 1. The van der Waals surface area contributed by atoms with E-state index in [-0.39, 0.29) is 6.04 Å². The summed E-state index contributed by atoms with van der Waals surface area (Å²) in [5.74, 6) is 1.50. The summed E-state index contributed by atoms with van der Waals surface area (Å²) in [6.07, 6.45) is 4.02. The van der Waals surface area contributed by atoms with Crippen molar-refractivity contribution in [2.75, 3.05) is 27.4 Å². The quantitative estimate of drug-likeness (QED) is 0.836. The lowest BCUT2D eigenvalue weighted by atomic mass is 9.97. The Labute approximate surface area is 108 Å². The van der Waals surface area contributed by atoms with Crippen molar-refractivity contribution in [1.29, 1.82) is 0 Å². The molecule has 2 rings (SSSR count). The summed E-state index contributed by atoms with van der Waals surface area (Å²) in [7, 11) is 3.69. The third kappa shape index (κ3) is 2.67. The molecule has 1 saturated heterocycles. The van der Waals surface area contributed by atoms with Crippen LogP contribution in [0.3, 0.4) is 0 Å². The number of aromatic nitrogens is 2. The van der Waals surface area contributed by atoms with Gasteiger partial charge in [0.2, 0.25) is 0 Å². The van der Waals surface area contributed by atoms with Crippen LogP contribution in [-0.2, 0) is 11.3 Å². The standard InChI is InChI=1S/C13H23N3O2/c1-4-16-13(12(17-3)8-15-16)11(14-2)7-10-5-6-18-9-10/h8,10-11,14H,4-7,9H2,1-3H3. The zero-order valence-electron chi connectivity index (χ0n) is 11.5.